The Labute approximate surface area is 279 Å². The second kappa shape index (κ2) is 26.3. The Kier molecular flexibility index (Phi) is 25.6. The Morgan fingerprint density at radius 2 is 1.02 bits per heavy atom. The van der Waals surface area contributed by atoms with Crippen LogP contribution in [0, 0.1) is 36.9 Å². The van der Waals surface area contributed by atoms with Crippen LogP contribution in [0.4, 0.5) is 0 Å². The van der Waals surface area contributed by atoms with Gasteiger partial charge in [-0.15, -0.1) is 0 Å². The summed E-state index contributed by atoms with van der Waals surface area (Å²) in [5, 5.41) is 31.3. The first-order valence-corrected chi connectivity index (χ1v) is 14.4. The maximum atomic E-state index is 12.7. The van der Waals surface area contributed by atoms with E-state index >= 15 is 0 Å². The van der Waals surface area contributed by atoms with Crippen molar-refractivity contribution in [3.05, 3.63) is 12.3 Å². The van der Waals surface area contributed by atoms with Crippen LogP contribution >= 0.6 is 0 Å². The van der Waals surface area contributed by atoms with E-state index in [1.165, 1.54) is 0 Å². The Bertz CT molecular complexity index is 734. The van der Waals surface area contributed by atoms with Crippen molar-refractivity contribution in [2.45, 2.75) is 19.8 Å². The molecule has 1 amide bonds. The Hall–Kier alpha value is -1.10. The van der Waals surface area contributed by atoms with Crippen LogP contribution in [0.2, 0.25) is 0 Å². The van der Waals surface area contributed by atoms with Crippen LogP contribution in [0.15, 0.2) is 12.3 Å². The third-order valence-corrected chi connectivity index (χ3v) is 6.30. The van der Waals surface area contributed by atoms with Gasteiger partial charge in [0.2, 0.25) is 5.91 Å². The minimum absolute atomic E-state index is 0. The van der Waals surface area contributed by atoms with E-state index in [-0.39, 0.29) is 74.7 Å². The molecule has 4 N–H and O–H groups in total. The first kappa shape index (κ1) is 40.9. The Morgan fingerprint density at radius 1 is 0.643 bits per heavy atom. The molecule has 0 aliphatic carbocycles. The molecule has 14 nitrogen and oxygen atoms in total. The number of aliphatic hydroxyl groups excluding tert-OH is 1. The maximum Gasteiger partial charge on any atom is 0.317 e. The zero-order chi connectivity index (χ0) is 30.3. The summed E-state index contributed by atoms with van der Waals surface area (Å²) in [6, 6.07) is 0. The molecule has 0 aromatic rings. The molecule has 1 aliphatic heterocycles. The molecular formula is C27H51LuN5O9. The van der Waals surface area contributed by atoms with Crippen LogP contribution in [0.5, 0.6) is 0 Å². The minimum Gasteiger partial charge on any atom is -0.512 e. The van der Waals surface area contributed by atoms with E-state index in [0.717, 1.165) is 13.0 Å². The van der Waals surface area contributed by atoms with Gasteiger partial charge in [-0.2, -0.15) is 0 Å². The van der Waals surface area contributed by atoms with Crippen LogP contribution in [0.1, 0.15) is 19.8 Å². The van der Waals surface area contributed by atoms with Gasteiger partial charge in [-0.3, -0.25) is 34.0 Å². The predicted molar refractivity (Wildman–Crippen MR) is 153 cm³/mol. The Morgan fingerprint density at radius 3 is 1.43 bits per heavy atom. The molecule has 1 saturated heterocycles. The van der Waals surface area contributed by atoms with Crippen molar-refractivity contribution in [2.75, 3.05) is 125 Å². The third kappa shape index (κ3) is 23.4. The van der Waals surface area contributed by atoms with Gasteiger partial charge in [0.1, 0.15) is 0 Å². The number of aliphatic carboxylic acids is 2. The van der Waals surface area contributed by atoms with Crippen molar-refractivity contribution in [1.29, 1.82) is 0 Å². The number of nitrogens with one attached hydrogen (secondary N) is 1. The number of hydrogen-bond donors (Lipinski definition) is 4. The summed E-state index contributed by atoms with van der Waals surface area (Å²) in [6.07, 6.45) is 1.64. The molecule has 0 atom stereocenters. The molecule has 1 heterocycles. The smallest absolute Gasteiger partial charge is 0.317 e. The predicted octanol–water partition coefficient (Wildman–Crippen LogP) is -0.585. The molecule has 1 aliphatic rings. The number of carbonyl (C=O) groups is 3. The number of carboxylic acids is 2. The third-order valence-electron chi connectivity index (χ3n) is 6.30. The summed E-state index contributed by atoms with van der Waals surface area (Å²) in [4.78, 5) is 43.0. The minimum atomic E-state index is -0.943. The molecule has 42 heavy (non-hydrogen) atoms. The van der Waals surface area contributed by atoms with Crippen LogP contribution in [0.3, 0.4) is 0 Å². The van der Waals surface area contributed by atoms with Crippen LogP contribution in [-0.2, 0) is 28.6 Å². The Balaban J connectivity index is 0.0000168. The summed E-state index contributed by atoms with van der Waals surface area (Å²) in [5.41, 5.74) is 0. The number of amides is 1. The van der Waals surface area contributed by atoms with Crippen LogP contribution < -0.4 is 5.32 Å². The summed E-state index contributed by atoms with van der Waals surface area (Å²) in [5.74, 6) is -2.05. The zero-order valence-corrected chi connectivity index (χ0v) is 26.6. The molecule has 1 radical (unpaired) electrons. The number of aliphatic hydroxyl groups is 1. The van der Waals surface area contributed by atoms with Crippen molar-refractivity contribution in [3.63, 3.8) is 0 Å². The van der Waals surface area contributed by atoms with Crippen molar-refractivity contribution in [3.8, 4) is 0 Å². The van der Waals surface area contributed by atoms with Crippen LogP contribution in [0.25, 0.3) is 0 Å². The fraction of sp³-hybridized carbons (Fsp3) is 0.815. The van der Waals surface area contributed by atoms with Gasteiger partial charge in [0.25, 0.3) is 0 Å². The fourth-order valence-electron chi connectivity index (χ4n) is 4.20. The number of carbonyl (C=O) groups excluding carboxylic acids is 1. The molecule has 1 fully saturated rings. The summed E-state index contributed by atoms with van der Waals surface area (Å²) < 4.78 is 16.3. The molecular weight excluding hydrogens is 713 g/mol. The largest absolute Gasteiger partial charge is 0.512 e. The van der Waals surface area contributed by atoms with Gasteiger partial charge in [-0.1, -0.05) is 13.5 Å². The molecule has 0 aromatic carbocycles. The van der Waals surface area contributed by atoms with E-state index in [0.29, 0.717) is 98.4 Å². The van der Waals surface area contributed by atoms with Crippen molar-refractivity contribution >= 4 is 17.8 Å². The maximum absolute atomic E-state index is 12.7. The fourth-order valence-corrected chi connectivity index (χ4v) is 4.20. The molecule has 15 heteroatoms. The zero-order valence-electron chi connectivity index (χ0n) is 24.9. The standard InChI is InChI=1S/C27H51N5O9.Lu/c1-3-14-39-16-18-41-19-17-40-15-4-5-28-25(34)21-30-8-12-31(22-26(35)36)10-6-29(20-24(2)33)7-11-32(13-9-30)23-27(37)38;/h33H,2-23H2,1H3,(H,28,34)(H,35,36)(H,37,38);. The summed E-state index contributed by atoms with van der Waals surface area (Å²) in [6.45, 7) is 13.0. The van der Waals surface area contributed by atoms with Gasteiger partial charge in [0.15, 0.2) is 0 Å². The van der Waals surface area contributed by atoms with Crippen molar-refractivity contribution in [1.82, 2.24) is 24.9 Å². The first-order valence-electron chi connectivity index (χ1n) is 14.4. The van der Waals surface area contributed by atoms with Crippen molar-refractivity contribution < 1.29 is 80.8 Å². The second-order valence-electron chi connectivity index (χ2n) is 10.00. The van der Waals surface area contributed by atoms with Gasteiger partial charge in [-0.05, 0) is 12.8 Å². The number of ether oxygens (including phenoxy) is 3. The first-order chi connectivity index (χ1) is 19.7. The second-order valence-corrected chi connectivity index (χ2v) is 10.00. The van der Waals surface area contributed by atoms with E-state index in [2.05, 4.69) is 18.8 Å². The molecule has 0 saturated carbocycles. The molecule has 0 spiro atoms. The molecule has 0 aromatic heterocycles. The van der Waals surface area contributed by atoms with E-state index in [1.54, 1.807) is 9.80 Å². The number of carboxylic acid groups (broad SMARTS) is 2. The van der Waals surface area contributed by atoms with Gasteiger partial charge in [0, 0.05) is 109 Å². The monoisotopic (exact) mass is 764 g/mol. The van der Waals surface area contributed by atoms with E-state index < -0.39 is 11.9 Å². The topological polar surface area (TPSA) is 165 Å². The normalized spacial score (nSPS) is 16.6. The average Bonchev–Trinajstić information content (AvgIpc) is 2.90. The van der Waals surface area contributed by atoms with Gasteiger partial charge >= 0.3 is 11.9 Å². The summed E-state index contributed by atoms with van der Waals surface area (Å²) in [7, 11) is 0. The molecule has 0 bridgehead atoms. The average molecular weight is 765 g/mol. The van der Waals surface area contributed by atoms with E-state index in [1.807, 2.05) is 9.80 Å². The van der Waals surface area contributed by atoms with E-state index in [4.69, 9.17) is 14.2 Å². The van der Waals surface area contributed by atoms with Crippen molar-refractivity contribution in [2.24, 2.45) is 0 Å². The molecule has 0 unspecified atom stereocenters. The number of rotatable bonds is 20. The molecule has 1 rings (SSSR count). The number of hydrogen-bond acceptors (Lipinski definition) is 11. The number of nitrogens with zero attached hydrogens (tertiary/aromatic N) is 4. The summed E-state index contributed by atoms with van der Waals surface area (Å²) >= 11 is 0. The van der Waals surface area contributed by atoms with E-state index in [9.17, 15) is 29.7 Å². The molecule has 253 valence electrons. The quantitative estimate of drug-likeness (QED) is 0.0921. The van der Waals surface area contributed by atoms with Gasteiger partial charge in [0.05, 0.1) is 58.4 Å². The van der Waals surface area contributed by atoms with Gasteiger partial charge < -0.3 is 34.8 Å². The SMILES string of the molecule is C=C(O)CN1CCN(CC(=O)O)CCN(CC(=O)NCCCOCCOCCOCCC)CCN(CC(=O)O)CC1.[Lu]. The van der Waals surface area contributed by atoms with Gasteiger partial charge in [-0.25, -0.2) is 0 Å². The van der Waals surface area contributed by atoms with Crippen LogP contribution in [-0.4, -0.2) is 177 Å².